The number of nitrogens with zero attached hydrogens (tertiary/aromatic N) is 1. The minimum absolute atomic E-state index is 0.172. The molecule has 2 rings (SSSR count). The van der Waals surface area contributed by atoms with E-state index in [-0.39, 0.29) is 5.91 Å². The van der Waals surface area contributed by atoms with Crippen LogP contribution in [0.1, 0.15) is 12.0 Å². The number of ether oxygens (including phenoxy) is 1. The number of carbonyl (C=O) groups is 2. The summed E-state index contributed by atoms with van der Waals surface area (Å²) in [5.41, 5.74) is 1.44. The monoisotopic (exact) mass is 245 g/mol. The van der Waals surface area contributed by atoms with E-state index in [4.69, 9.17) is 4.74 Å². The molecule has 1 aliphatic heterocycles. The third kappa shape index (κ3) is 2.27. The first-order valence-corrected chi connectivity index (χ1v) is 5.74. The third-order valence-electron chi connectivity index (χ3n) is 3.05. The normalized spacial score (nSPS) is 19.2. The highest BCUT2D eigenvalue weighted by Gasteiger charge is 2.39. The average molecular weight is 245 g/mol. The van der Waals surface area contributed by atoms with Crippen molar-refractivity contribution in [2.75, 3.05) is 7.11 Å². The molecule has 0 radical (unpaired) electrons. The predicted octanol–water partition coefficient (Wildman–Crippen LogP) is 1.52. The molecule has 1 aliphatic rings. The van der Waals surface area contributed by atoms with Crippen LogP contribution in [0.2, 0.25) is 0 Å². The van der Waals surface area contributed by atoms with E-state index in [1.54, 1.807) is 0 Å². The smallest absolute Gasteiger partial charge is 0.328 e. The summed E-state index contributed by atoms with van der Waals surface area (Å²) in [4.78, 5) is 25.1. The SMILES string of the molecule is C=C1CC(C(=O)OC)N(Cc2ccccc2)C1=O. The first kappa shape index (κ1) is 12.4. The largest absolute Gasteiger partial charge is 0.467 e. The Morgan fingerprint density at radius 2 is 2.11 bits per heavy atom. The van der Waals surface area contributed by atoms with Crippen LogP contribution in [0.5, 0.6) is 0 Å². The summed E-state index contributed by atoms with van der Waals surface area (Å²) in [6.07, 6.45) is 0.346. The molecule has 4 nitrogen and oxygen atoms in total. The van der Waals surface area contributed by atoms with Crippen molar-refractivity contribution in [1.29, 1.82) is 0 Å². The van der Waals surface area contributed by atoms with Gasteiger partial charge in [0.25, 0.3) is 0 Å². The second-order valence-corrected chi connectivity index (χ2v) is 4.27. The molecule has 1 fully saturated rings. The highest BCUT2D eigenvalue weighted by Crippen LogP contribution is 2.25. The average Bonchev–Trinajstić information content (AvgIpc) is 2.67. The first-order chi connectivity index (χ1) is 8.63. The van der Waals surface area contributed by atoms with E-state index in [2.05, 4.69) is 6.58 Å². The van der Waals surface area contributed by atoms with E-state index in [1.165, 1.54) is 12.0 Å². The van der Waals surface area contributed by atoms with E-state index in [1.807, 2.05) is 30.3 Å². The van der Waals surface area contributed by atoms with Gasteiger partial charge in [-0.3, -0.25) is 4.79 Å². The zero-order chi connectivity index (χ0) is 13.1. The molecule has 1 amide bonds. The number of rotatable bonds is 3. The molecule has 18 heavy (non-hydrogen) atoms. The van der Waals surface area contributed by atoms with Crippen LogP contribution in [0.15, 0.2) is 42.5 Å². The molecular formula is C14H15NO3. The third-order valence-corrected chi connectivity index (χ3v) is 3.05. The zero-order valence-corrected chi connectivity index (χ0v) is 10.3. The quantitative estimate of drug-likeness (QED) is 0.599. The van der Waals surface area contributed by atoms with Gasteiger partial charge in [0.2, 0.25) is 5.91 Å². The van der Waals surface area contributed by atoms with E-state index in [0.717, 1.165) is 5.56 Å². The van der Waals surface area contributed by atoms with Crippen molar-refractivity contribution in [3.63, 3.8) is 0 Å². The molecule has 94 valence electrons. The van der Waals surface area contributed by atoms with E-state index in [9.17, 15) is 9.59 Å². The number of methoxy groups -OCH3 is 1. The lowest BCUT2D eigenvalue weighted by atomic mass is 10.1. The number of carbonyl (C=O) groups excluding carboxylic acids is 2. The van der Waals surface area contributed by atoms with Crippen molar-refractivity contribution in [2.45, 2.75) is 19.0 Å². The number of hydrogen-bond acceptors (Lipinski definition) is 3. The van der Waals surface area contributed by atoms with Gasteiger partial charge in [-0.15, -0.1) is 0 Å². The van der Waals surface area contributed by atoms with Gasteiger partial charge in [-0.05, 0) is 5.56 Å². The van der Waals surface area contributed by atoms with Crippen molar-refractivity contribution in [1.82, 2.24) is 4.90 Å². The van der Waals surface area contributed by atoms with Crippen molar-refractivity contribution in [2.24, 2.45) is 0 Å². The van der Waals surface area contributed by atoms with Crippen LogP contribution in [0, 0.1) is 0 Å². The van der Waals surface area contributed by atoms with Gasteiger partial charge in [-0.2, -0.15) is 0 Å². The standard InChI is InChI=1S/C14H15NO3/c1-10-8-12(14(17)18-2)15(13(10)16)9-11-6-4-3-5-7-11/h3-7,12H,1,8-9H2,2H3. The Balaban J connectivity index is 2.20. The van der Waals surface area contributed by atoms with Crippen LogP contribution < -0.4 is 0 Å². The summed E-state index contributed by atoms with van der Waals surface area (Å²) < 4.78 is 4.72. The lowest BCUT2D eigenvalue weighted by molar-refractivity contribution is -0.149. The Kier molecular flexibility index (Phi) is 3.46. The summed E-state index contributed by atoms with van der Waals surface area (Å²) in [6.45, 7) is 4.10. The summed E-state index contributed by atoms with van der Waals surface area (Å²) >= 11 is 0. The maximum absolute atomic E-state index is 12.0. The molecule has 0 bridgehead atoms. The summed E-state index contributed by atoms with van der Waals surface area (Å²) in [5, 5.41) is 0. The summed E-state index contributed by atoms with van der Waals surface area (Å²) in [7, 11) is 1.33. The summed E-state index contributed by atoms with van der Waals surface area (Å²) in [6, 6.07) is 9.00. The molecule has 0 saturated carbocycles. The van der Waals surface area contributed by atoms with E-state index < -0.39 is 12.0 Å². The maximum atomic E-state index is 12.0. The van der Waals surface area contributed by atoms with Gasteiger partial charge in [0.1, 0.15) is 6.04 Å². The first-order valence-electron chi connectivity index (χ1n) is 5.74. The van der Waals surface area contributed by atoms with Crippen molar-refractivity contribution in [3.8, 4) is 0 Å². The Hall–Kier alpha value is -2.10. The zero-order valence-electron chi connectivity index (χ0n) is 10.3. The Morgan fingerprint density at radius 3 is 2.72 bits per heavy atom. The van der Waals surface area contributed by atoms with Crippen LogP contribution in [-0.4, -0.2) is 29.9 Å². The Bertz CT molecular complexity index is 481. The van der Waals surface area contributed by atoms with E-state index in [0.29, 0.717) is 18.5 Å². The second-order valence-electron chi connectivity index (χ2n) is 4.27. The summed E-state index contributed by atoms with van der Waals surface area (Å²) in [5.74, 6) is -0.563. The Morgan fingerprint density at radius 1 is 1.44 bits per heavy atom. The van der Waals surface area contributed by atoms with Crippen LogP contribution in [-0.2, 0) is 20.9 Å². The van der Waals surface area contributed by atoms with Crippen molar-refractivity contribution >= 4 is 11.9 Å². The number of amides is 1. The highest BCUT2D eigenvalue weighted by atomic mass is 16.5. The molecule has 1 aromatic rings. The van der Waals surface area contributed by atoms with Crippen LogP contribution in [0.25, 0.3) is 0 Å². The molecule has 0 aromatic heterocycles. The molecule has 0 aliphatic carbocycles. The van der Waals surface area contributed by atoms with Crippen LogP contribution >= 0.6 is 0 Å². The van der Waals surface area contributed by atoms with Gasteiger partial charge >= 0.3 is 5.97 Å². The predicted molar refractivity (Wildman–Crippen MR) is 66.6 cm³/mol. The van der Waals surface area contributed by atoms with Crippen molar-refractivity contribution < 1.29 is 14.3 Å². The molecule has 1 atom stereocenters. The van der Waals surface area contributed by atoms with Gasteiger partial charge in [0.05, 0.1) is 7.11 Å². The van der Waals surface area contributed by atoms with E-state index >= 15 is 0 Å². The topological polar surface area (TPSA) is 46.6 Å². The van der Waals surface area contributed by atoms with Crippen molar-refractivity contribution in [3.05, 3.63) is 48.0 Å². The minimum Gasteiger partial charge on any atom is -0.467 e. The number of likely N-dealkylation sites (tertiary alicyclic amines) is 1. The lowest BCUT2D eigenvalue weighted by Gasteiger charge is -2.22. The fourth-order valence-electron chi connectivity index (χ4n) is 2.08. The van der Waals surface area contributed by atoms with Gasteiger partial charge in [0, 0.05) is 18.5 Å². The minimum atomic E-state index is -0.546. The molecule has 1 saturated heterocycles. The highest BCUT2D eigenvalue weighted by molar-refractivity contribution is 6.00. The molecule has 0 N–H and O–H groups in total. The van der Waals surface area contributed by atoms with Gasteiger partial charge in [-0.1, -0.05) is 36.9 Å². The van der Waals surface area contributed by atoms with Gasteiger partial charge in [-0.25, -0.2) is 4.79 Å². The Labute approximate surface area is 106 Å². The molecule has 0 spiro atoms. The second kappa shape index (κ2) is 5.04. The van der Waals surface area contributed by atoms with Gasteiger partial charge in [0.15, 0.2) is 0 Å². The molecule has 1 unspecified atom stereocenters. The number of benzene rings is 1. The fraction of sp³-hybridized carbons (Fsp3) is 0.286. The molecule has 1 aromatic carbocycles. The lowest BCUT2D eigenvalue weighted by Crippen LogP contribution is -2.38. The van der Waals surface area contributed by atoms with Gasteiger partial charge < -0.3 is 9.64 Å². The van der Waals surface area contributed by atoms with Crippen LogP contribution in [0.3, 0.4) is 0 Å². The molecular weight excluding hydrogens is 230 g/mol. The number of esters is 1. The molecule has 4 heteroatoms. The molecule has 1 heterocycles. The fourth-order valence-corrected chi connectivity index (χ4v) is 2.08. The number of hydrogen-bond donors (Lipinski definition) is 0. The van der Waals surface area contributed by atoms with Crippen LogP contribution in [0.4, 0.5) is 0 Å². The maximum Gasteiger partial charge on any atom is 0.328 e.